The second-order valence-electron chi connectivity index (χ2n) is 7.85. The number of benzene rings is 2. The van der Waals surface area contributed by atoms with Crippen LogP contribution in [0.15, 0.2) is 48.5 Å². The highest BCUT2D eigenvalue weighted by Crippen LogP contribution is 2.17. The first-order valence-corrected chi connectivity index (χ1v) is 10.0. The van der Waals surface area contributed by atoms with Gasteiger partial charge < -0.3 is 10.2 Å². The molecule has 1 heterocycles. The van der Waals surface area contributed by atoms with E-state index in [-0.39, 0.29) is 11.9 Å². The smallest absolute Gasteiger partial charge is 0.241 e. The average molecular weight is 381 g/mol. The number of hydrogen-bond acceptors (Lipinski definition) is 4. The van der Waals surface area contributed by atoms with E-state index in [4.69, 9.17) is 0 Å². The summed E-state index contributed by atoms with van der Waals surface area (Å²) in [6.07, 6.45) is 0. The minimum atomic E-state index is -0.130. The Bertz CT molecular complexity index is 779. The van der Waals surface area contributed by atoms with Crippen molar-refractivity contribution >= 4 is 17.3 Å². The Morgan fingerprint density at radius 1 is 1.04 bits per heavy atom. The van der Waals surface area contributed by atoms with Crippen molar-refractivity contribution in [3.05, 3.63) is 59.7 Å². The van der Waals surface area contributed by atoms with Crippen LogP contribution in [-0.2, 0) is 11.3 Å². The molecule has 1 saturated heterocycles. The molecular weight excluding hydrogens is 348 g/mol. The zero-order valence-electron chi connectivity index (χ0n) is 17.5. The van der Waals surface area contributed by atoms with E-state index >= 15 is 0 Å². The fraction of sp³-hybridized carbons (Fsp3) is 0.435. The van der Waals surface area contributed by atoms with Gasteiger partial charge in [-0.25, -0.2) is 0 Å². The molecule has 1 aliphatic heterocycles. The van der Waals surface area contributed by atoms with E-state index in [9.17, 15) is 4.79 Å². The summed E-state index contributed by atoms with van der Waals surface area (Å²) in [5, 5.41) is 3.05. The quantitative estimate of drug-likeness (QED) is 0.835. The van der Waals surface area contributed by atoms with E-state index in [1.165, 1.54) is 11.1 Å². The number of carbonyl (C=O) groups is 1. The van der Waals surface area contributed by atoms with E-state index in [0.717, 1.165) is 44.1 Å². The third kappa shape index (κ3) is 5.12. The molecule has 0 spiro atoms. The largest absolute Gasteiger partial charge is 0.378 e. The van der Waals surface area contributed by atoms with Crippen LogP contribution < -0.4 is 10.2 Å². The van der Waals surface area contributed by atoms with Gasteiger partial charge in [0, 0.05) is 58.2 Å². The number of rotatable bonds is 6. The van der Waals surface area contributed by atoms with Crippen LogP contribution in [0.4, 0.5) is 11.4 Å². The number of piperazine rings is 1. The maximum Gasteiger partial charge on any atom is 0.241 e. The Labute approximate surface area is 168 Å². The van der Waals surface area contributed by atoms with E-state index in [2.05, 4.69) is 46.3 Å². The number of nitrogens with zero attached hydrogens (tertiary/aromatic N) is 3. The van der Waals surface area contributed by atoms with Gasteiger partial charge >= 0.3 is 0 Å². The molecule has 0 aromatic heterocycles. The molecule has 5 heteroatoms. The topological polar surface area (TPSA) is 38.8 Å². The lowest BCUT2D eigenvalue weighted by Gasteiger charge is -2.37. The molecule has 2 aromatic rings. The predicted molar refractivity (Wildman–Crippen MR) is 117 cm³/mol. The van der Waals surface area contributed by atoms with Crippen molar-refractivity contribution in [3.63, 3.8) is 0 Å². The zero-order valence-corrected chi connectivity index (χ0v) is 17.5. The Balaban J connectivity index is 1.49. The maximum absolute atomic E-state index is 12.7. The Kier molecular flexibility index (Phi) is 6.70. The van der Waals surface area contributed by atoms with Crippen LogP contribution in [0, 0.1) is 6.92 Å². The predicted octanol–water partition coefficient (Wildman–Crippen LogP) is 3.21. The van der Waals surface area contributed by atoms with Crippen molar-refractivity contribution < 1.29 is 4.79 Å². The van der Waals surface area contributed by atoms with Crippen molar-refractivity contribution in [2.24, 2.45) is 0 Å². The van der Waals surface area contributed by atoms with E-state index in [1.54, 1.807) is 0 Å². The highest BCUT2D eigenvalue weighted by molar-refractivity contribution is 5.94. The third-order valence-corrected chi connectivity index (χ3v) is 5.64. The van der Waals surface area contributed by atoms with Gasteiger partial charge in [-0.15, -0.1) is 0 Å². The molecule has 5 nitrogen and oxygen atoms in total. The molecule has 28 heavy (non-hydrogen) atoms. The summed E-state index contributed by atoms with van der Waals surface area (Å²) in [5.41, 5.74) is 4.71. The highest BCUT2D eigenvalue weighted by Gasteiger charge is 2.25. The summed E-state index contributed by atoms with van der Waals surface area (Å²) >= 11 is 0. The summed E-state index contributed by atoms with van der Waals surface area (Å²) in [5.74, 6) is 0.0601. The monoisotopic (exact) mass is 380 g/mol. The van der Waals surface area contributed by atoms with Crippen molar-refractivity contribution in [1.29, 1.82) is 0 Å². The number of carbonyl (C=O) groups excluding carboxylic acids is 1. The molecule has 2 aromatic carbocycles. The molecule has 3 rings (SSSR count). The van der Waals surface area contributed by atoms with E-state index < -0.39 is 0 Å². The minimum Gasteiger partial charge on any atom is -0.378 e. The number of aryl methyl sites for hydroxylation is 1. The second-order valence-corrected chi connectivity index (χ2v) is 7.85. The molecule has 0 radical (unpaired) electrons. The van der Waals surface area contributed by atoms with E-state index in [1.807, 2.05) is 50.2 Å². The van der Waals surface area contributed by atoms with Crippen molar-refractivity contribution in [2.75, 3.05) is 50.5 Å². The molecule has 1 atom stereocenters. The Morgan fingerprint density at radius 2 is 1.68 bits per heavy atom. The summed E-state index contributed by atoms with van der Waals surface area (Å²) in [6.45, 7) is 8.97. The van der Waals surface area contributed by atoms with Crippen LogP contribution in [0.5, 0.6) is 0 Å². The number of hydrogen-bond donors (Lipinski definition) is 1. The van der Waals surface area contributed by atoms with Gasteiger partial charge in [-0.1, -0.05) is 24.3 Å². The normalized spacial score (nSPS) is 16.6. The molecule has 0 unspecified atom stereocenters. The van der Waals surface area contributed by atoms with Crippen molar-refractivity contribution in [2.45, 2.75) is 26.4 Å². The molecule has 0 aliphatic carbocycles. The van der Waals surface area contributed by atoms with Gasteiger partial charge in [0.05, 0.1) is 6.04 Å². The van der Waals surface area contributed by atoms with Crippen molar-refractivity contribution in [3.8, 4) is 0 Å². The minimum absolute atomic E-state index is 0.0601. The maximum atomic E-state index is 12.7. The van der Waals surface area contributed by atoms with Gasteiger partial charge in [-0.05, 0) is 49.2 Å². The lowest BCUT2D eigenvalue weighted by molar-refractivity contribution is -0.121. The average Bonchev–Trinajstić information content (AvgIpc) is 2.70. The van der Waals surface area contributed by atoms with Crippen LogP contribution in [0.25, 0.3) is 0 Å². The van der Waals surface area contributed by atoms with Crippen LogP contribution in [-0.4, -0.2) is 62.0 Å². The van der Waals surface area contributed by atoms with Gasteiger partial charge in [0.15, 0.2) is 0 Å². The SMILES string of the molecule is Cc1ccccc1CN1CCN([C@H](C)C(=O)Nc2ccc(N(C)C)cc2)CC1. The lowest BCUT2D eigenvalue weighted by Crippen LogP contribution is -2.52. The fourth-order valence-electron chi connectivity index (χ4n) is 3.59. The molecule has 1 aliphatic rings. The first-order valence-electron chi connectivity index (χ1n) is 10.0. The Morgan fingerprint density at radius 3 is 2.29 bits per heavy atom. The van der Waals surface area contributed by atoms with Gasteiger partial charge in [0.2, 0.25) is 5.91 Å². The molecular formula is C23H32N4O. The zero-order chi connectivity index (χ0) is 20.1. The third-order valence-electron chi connectivity index (χ3n) is 5.64. The summed E-state index contributed by atoms with van der Waals surface area (Å²) in [6, 6.07) is 16.4. The summed E-state index contributed by atoms with van der Waals surface area (Å²) in [7, 11) is 4.02. The van der Waals surface area contributed by atoms with Crippen LogP contribution in [0.2, 0.25) is 0 Å². The summed E-state index contributed by atoms with van der Waals surface area (Å²) < 4.78 is 0. The van der Waals surface area contributed by atoms with Gasteiger partial charge in [-0.2, -0.15) is 0 Å². The lowest BCUT2D eigenvalue weighted by atomic mass is 10.1. The Hall–Kier alpha value is -2.37. The van der Waals surface area contributed by atoms with Gasteiger partial charge in [0.1, 0.15) is 0 Å². The fourth-order valence-corrected chi connectivity index (χ4v) is 3.59. The molecule has 1 N–H and O–H groups in total. The van der Waals surface area contributed by atoms with Crippen LogP contribution in [0.3, 0.4) is 0 Å². The summed E-state index contributed by atoms with van der Waals surface area (Å²) in [4.78, 5) is 19.5. The van der Waals surface area contributed by atoms with Crippen LogP contribution in [0.1, 0.15) is 18.1 Å². The molecule has 1 amide bonds. The molecule has 150 valence electrons. The van der Waals surface area contributed by atoms with E-state index in [0.29, 0.717) is 0 Å². The first-order chi connectivity index (χ1) is 13.4. The van der Waals surface area contributed by atoms with Crippen molar-refractivity contribution in [1.82, 2.24) is 9.80 Å². The highest BCUT2D eigenvalue weighted by atomic mass is 16.2. The van der Waals surface area contributed by atoms with Crippen LogP contribution >= 0.6 is 0 Å². The number of amides is 1. The molecule has 0 saturated carbocycles. The van der Waals surface area contributed by atoms with Gasteiger partial charge in [-0.3, -0.25) is 14.6 Å². The molecule has 0 bridgehead atoms. The number of nitrogens with one attached hydrogen (secondary N) is 1. The van der Waals surface area contributed by atoms with Gasteiger partial charge in [0.25, 0.3) is 0 Å². The molecule has 1 fully saturated rings. The first kappa shape index (κ1) is 20.4. The number of anilines is 2. The standard InChI is InChI=1S/C23H32N4O/c1-18-7-5-6-8-20(18)17-26-13-15-27(16-14-26)19(2)23(28)24-21-9-11-22(12-10-21)25(3)4/h5-12,19H,13-17H2,1-4H3,(H,24,28)/t19-/m1/s1. The second kappa shape index (κ2) is 9.22.